The number of phenolic OH excluding ortho intramolecular Hbond substituents is 1. The summed E-state index contributed by atoms with van der Waals surface area (Å²) < 4.78 is 35.8. The summed E-state index contributed by atoms with van der Waals surface area (Å²) in [4.78, 5) is 28.4. The largest absolute Gasteiger partial charge is 0.503 e. The van der Waals surface area contributed by atoms with Gasteiger partial charge in [-0.25, -0.2) is 8.42 Å². The van der Waals surface area contributed by atoms with Gasteiger partial charge in [-0.1, -0.05) is 12.1 Å². The number of hydrogen-bond donors (Lipinski definition) is 1. The van der Waals surface area contributed by atoms with Crippen LogP contribution in [-0.4, -0.2) is 49.0 Å². The lowest BCUT2D eigenvalue weighted by molar-refractivity contribution is 0.0662. The first kappa shape index (κ1) is 21.0. The predicted molar refractivity (Wildman–Crippen MR) is 120 cm³/mol. The number of benzene rings is 2. The van der Waals surface area contributed by atoms with E-state index in [0.29, 0.717) is 15.4 Å². The number of nitrogens with zero attached hydrogens (tertiary/aromatic N) is 1. The zero-order valence-corrected chi connectivity index (χ0v) is 19.3. The van der Waals surface area contributed by atoms with Crippen molar-refractivity contribution in [1.82, 2.24) is 4.90 Å². The molecular weight excluding hydrogens is 502 g/mol. The van der Waals surface area contributed by atoms with Crippen LogP contribution in [0.25, 0.3) is 11.0 Å². The fraction of sp³-hybridized carbons (Fsp3) is 0.273. The summed E-state index contributed by atoms with van der Waals surface area (Å²) in [6.45, 7) is 0. The highest BCUT2D eigenvalue weighted by atomic mass is 79.9. The molecule has 166 valence electrons. The Morgan fingerprint density at radius 2 is 1.97 bits per heavy atom. The van der Waals surface area contributed by atoms with Gasteiger partial charge in [0.05, 0.1) is 40.1 Å². The highest BCUT2D eigenvalue weighted by molar-refractivity contribution is 9.10. The molecule has 1 saturated heterocycles. The number of aromatic hydroxyl groups is 1. The van der Waals surface area contributed by atoms with Crippen molar-refractivity contribution in [1.29, 1.82) is 0 Å². The molecule has 8 nitrogen and oxygen atoms in total. The first-order valence-electron chi connectivity index (χ1n) is 9.87. The number of phenols is 1. The van der Waals surface area contributed by atoms with Gasteiger partial charge in [-0.15, -0.1) is 0 Å². The van der Waals surface area contributed by atoms with Gasteiger partial charge >= 0.3 is 0 Å². The van der Waals surface area contributed by atoms with Crippen LogP contribution in [0.5, 0.6) is 11.5 Å². The second kappa shape index (κ2) is 7.35. The fourth-order valence-corrected chi connectivity index (χ4v) is 6.71. The Bertz CT molecular complexity index is 1450. The molecule has 0 unspecified atom stereocenters. The Morgan fingerprint density at radius 1 is 1.22 bits per heavy atom. The number of para-hydroxylation sites is 1. The number of halogens is 1. The van der Waals surface area contributed by atoms with Crippen LogP contribution in [0.4, 0.5) is 0 Å². The maximum absolute atomic E-state index is 13.5. The molecule has 10 heteroatoms. The Kier molecular flexibility index (Phi) is 4.82. The van der Waals surface area contributed by atoms with Crippen molar-refractivity contribution >= 4 is 42.6 Å². The van der Waals surface area contributed by atoms with E-state index in [9.17, 15) is 23.1 Å². The molecule has 0 saturated carbocycles. The second-order valence-electron chi connectivity index (χ2n) is 7.90. The molecule has 2 aliphatic heterocycles. The van der Waals surface area contributed by atoms with Crippen molar-refractivity contribution < 1.29 is 27.5 Å². The first-order chi connectivity index (χ1) is 15.2. The van der Waals surface area contributed by atoms with Crippen LogP contribution in [0.1, 0.15) is 34.1 Å². The third-order valence-electron chi connectivity index (χ3n) is 6.00. The number of sulfone groups is 1. The van der Waals surface area contributed by atoms with E-state index in [4.69, 9.17) is 9.15 Å². The van der Waals surface area contributed by atoms with Crippen LogP contribution >= 0.6 is 15.9 Å². The van der Waals surface area contributed by atoms with E-state index in [1.165, 1.54) is 18.1 Å². The lowest BCUT2D eigenvalue weighted by atomic mass is 9.97. The molecular formula is C22H18BrNO7S. The molecule has 2 aliphatic rings. The molecule has 0 bridgehead atoms. The standard InChI is InChI=1S/C22H18BrNO7S/c1-30-16-9-11(8-14(23)20(16)26)18-17-19(25)13-4-2-3-5-15(13)31-21(17)22(27)24(18)12-6-7-32(28,29)10-12/h2-5,8-9,12,18,26H,6-7,10H2,1H3/t12-,18-/m0/s1. The van der Waals surface area contributed by atoms with Crippen LogP contribution in [0.3, 0.4) is 0 Å². The monoisotopic (exact) mass is 519 g/mol. The van der Waals surface area contributed by atoms with Crippen molar-refractivity contribution in [3.05, 3.63) is 68.0 Å². The van der Waals surface area contributed by atoms with Gasteiger partial charge in [-0.2, -0.15) is 0 Å². The average molecular weight is 520 g/mol. The zero-order chi connectivity index (χ0) is 22.8. The summed E-state index contributed by atoms with van der Waals surface area (Å²) in [5.74, 6) is -0.811. The van der Waals surface area contributed by atoms with Crippen molar-refractivity contribution in [3.8, 4) is 11.5 Å². The average Bonchev–Trinajstić information content (AvgIpc) is 3.26. The lowest BCUT2D eigenvalue weighted by Gasteiger charge is -2.30. The summed E-state index contributed by atoms with van der Waals surface area (Å²) in [7, 11) is -1.91. The minimum atomic E-state index is -3.30. The summed E-state index contributed by atoms with van der Waals surface area (Å²) in [5.41, 5.74) is 0.573. The van der Waals surface area contributed by atoms with Gasteiger partial charge in [0.25, 0.3) is 5.91 Å². The molecule has 1 N–H and O–H groups in total. The van der Waals surface area contributed by atoms with Crippen molar-refractivity contribution in [2.75, 3.05) is 18.6 Å². The van der Waals surface area contributed by atoms with Gasteiger partial charge in [-0.3, -0.25) is 9.59 Å². The molecule has 0 spiro atoms. The number of fused-ring (bicyclic) bond motifs is 2. The van der Waals surface area contributed by atoms with Gasteiger partial charge in [0, 0.05) is 6.04 Å². The summed E-state index contributed by atoms with van der Waals surface area (Å²) in [6, 6.07) is 8.29. The number of amides is 1. The maximum Gasteiger partial charge on any atom is 0.291 e. The number of hydrogen-bond acceptors (Lipinski definition) is 7. The highest BCUT2D eigenvalue weighted by Crippen LogP contribution is 2.45. The Labute approximate surface area is 191 Å². The summed E-state index contributed by atoms with van der Waals surface area (Å²) >= 11 is 3.29. The Balaban J connectivity index is 1.79. The Hall–Kier alpha value is -2.85. The Morgan fingerprint density at radius 3 is 2.66 bits per heavy atom. The smallest absolute Gasteiger partial charge is 0.291 e. The fourth-order valence-electron chi connectivity index (χ4n) is 4.54. The molecule has 1 aromatic heterocycles. The molecule has 0 aliphatic carbocycles. The SMILES string of the molecule is COc1cc([C@H]2c3c(oc4ccccc4c3=O)C(=O)N2[C@H]2CCS(=O)(=O)C2)cc(Br)c1O. The molecule has 0 radical (unpaired) electrons. The minimum absolute atomic E-state index is 0.0313. The first-order valence-corrected chi connectivity index (χ1v) is 12.5. The molecule has 5 rings (SSSR count). The second-order valence-corrected chi connectivity index (χ2v) is 11.0. The molecule has 2 atom stereocenters. The maximum atomic E-state index is 13.5. The van der Waals surface area contributed by atoms with Gasteiger partial charge in [0.2, 0.25) is 5.76 Å². The van der Waals surface area contributed by atoms with E-state index < -0.39 is 27.8 Å². The molecule has 2 aromatic carbocycles. The number of rotatable bonds is 3. The van der Waals surface area contributed by atoms with E-state index in [1.54, 1.807) is 30.3 Å². The molecule has 3 aromatic rings. The quantitative estimate of drug-likeness (QED) is 0.565. The predicted octanol–water partition coefficient (Wildman–Crippen LogP) is 3.00. The summed E-state index contributed by atoms with van der Waals surface area (Å²) in [5, 5.41) is 10.6. The lowest BCUT2D eigenvalue weighted by Crippen LogP contribution is -2.40. The van der Waals surface area contributed by atoms with Crippen molar-refractivity contribution in [3.63, 3.8) is 0 Å². The molecule has 3 heterocycles. The van der Waals surface area contributed by atoms with E-state index in [2.05, 4.69) is 15.9 Å². The summed E-state index contributed by atoms with van der Waals surface area (Å²) in [6.07, 6.45) is 0.267. The van der Waals surface area contributed by atoms with Crippen LogP contribution in [-0.2, 0) is 9.84 Å². The highest BCUT2D eigenvalue weighted by Gasteiger charge is 2.48. The van der Waals surface area contributed by atoms with Gasteiger partial charge in [0.1, 0.15) is 5.58 Å². The topological polar surface area (TPSA) is 114 Å². The number of carbonyl (C=O) groups is 1. The normalized spacial score (nSPS) is 21.8. The van der Waals surface area contributed by atoms with Crippen LogP contribution in [0, 0.1) is 0 Å². The number of carbonyl (C=O) groups excluding carboxylic acids is 1. The van der Waals surface area contributed by atoms with Gasteiger partial charge in [0.15, 0.2) is 26.8 Å². The van der Waals surface area contributed by atoms with E-state index >= 15 is 0 Å². The number of ether oxygens (including phenoxy) is 1. The van der Waals surface area contributed by atoms with E-state index in [-0.39, 0.29) is 51.8 Å². The third kappa shape index (κ3) is 3.12. The molecule has 1 amide bonds. The van der Waals surface area contributed by atoms with Crippen molar-refractivity contribution in [2.45, 2.75) is 18.5 Å². The van der Waals surface area contributed by atoms with E-state index in [1.807, 2.05) is 0 Å². The van der Waals surface area contributed by atoms with E-state index in [0.717, 1.165) is 0 Å². The van der Waals surface area contributed by atoms with Crippen LogP contribution in [0.15, 0.2) is 50.1 Å². The number of methoxy groups -OCH3 is 1. The third-order valence-corrected chi connectivity index (χ3v) is 8.36. The van der Waals surface area contributed by atoms with Crippen LogP contribution in [0.2, 0.25) is 0 Å². The van der Waals surface area contributed by atoms with Crippen molar-refractivity contribution in [2.24, 2.45) is 0 Å². The molecule has 1 fully saturated rings. The van der Waals surface area contributed by atoms with Crippen LogP contribution < -0.4 is 10.2 Å². The van der Waals surface area contributed by atoms with Gasteiger partial charge in [-0.05, 0) is 52.2 Å². The van der Waals surface area contributed by atoms with Gasteiger partial charge < -0.3 is 19.2 Å². The zero-order valence-electron chi connectivity index (χ0n) is 16.9. The minimum Gasteiger partial charge on any atom is -0.503 e. The molecule has 32 heavy (non-hydrogen) atoms.